The number of ether oxygens (including phenoxy) is 1. The molecule has 5 rings (SSSR count). The molecule has 29 heavy (non-hydrogen) atoms. The van der Waals surface area contributed by atoms with Gasteiger partial charge in [-0.2, -0.15) is 0 Å². The van der Waals surface area contributed by atoms with E-state index in [4.69, 9.17) is 4.74 Å². The molecule has 0 fully saturated rings. The van der Waals surface area contributed by atoms with Gasteiger partial charge in [-0.05, 0) is 67.1 Å². The zero-order chi connectivity index (χ0) is 20.0. The third-order valence-corrected chi connectivity index (χ3v) is 5.57. The van der Waals surface area contributed by atoms with E-state index in [9.17, 15) is 10.0 Å². The lowest BCUT2D eigenvalue weighted by atomic mass is 9.72. The lowest BCUT2D eigenvalue weighted by Crippen LogP contribution is -2.31. The van der Waals surface area contributed by atoms with Crippen molar-refractivity contribution >= 4 is 44.9 Å². The molecule has 0 unspecified atom stereocenters. The van der Waals surface area contributed by atoms with Gasteiger partial charge in [-0.3, -0.25) is 0 Å². The monoisotopic (exact) mass is 378 g/mol. The summed E-state index contributed by atoms with van der Waals surface area (Å²) in [7, 11) is 0.133. The van der Waals surface area contributed by atoms with Crippen LogP contribution in [0.3, 0.4) is 0 Å². The van der Waals surface area contributed by atoms with E-state index in [0.717, 1.165) is 49.2 Å². The van der Waals surface area contributed by atoms with Crippen molar-refractivity contribution in [1.82, 2.24) is 0 Å². The molecule has 140 valence electrons. The van der Waals surface area contributed by atoms with Crippen molar-refractivity contribution < 1.29 is 14.8 Å². The second-order valence-corrected chi connectivity index (χ2v) is 7.18. The average Bonchev–Trinajstić information content (AvgIpc) is 2.76. The van der Waals surface area contributed by atoms with Crippen LogP contribution in [0.5, 0.6) is 5.75 Å². The Morgan fingerprint density at radius 2 is 1.21 bits per heavy atom. The van der Waals surface area contributed by atoms with Crippen LogP contribution in [-0.4, -0.2) is 24.3 Å². The summed E-state index contributed by atoms with van der Waals surface area (Å²) in [6, 6.07) is 28.3. The van der Waals surface area contributed by atoms with Gasteiger partial charge in [0.2, 0.25) is 0 Å². The van der Waals surface area contributed by atoms with Gasteiger partial charge < -0.3 is 14.8 Å². The molecule has 0 aliphatic carbocycles. The van der Waals surface area contributed by atoms with E-state index in [1.807, 2.05) is 60.7 Å². The molecule has 0 saturated carbocycles. The minimum Gasteiger partial charge on any atom is -0.497 e. The minimum atomic E-state index is -1.54. The van der Waals surface area contributed by atoms with E-state index in [1.54, 1.807) is 7.11 Å². The number of hydrogen-bond acceptors (Lipinski definition) is 3. The molecule has 4 heteroatoms. The average molecular weight is 378 g/mol. The van der Waals surface area contributed by atoms with Crippen molar-refractivity contribution in [3.05, 3.63) is 84.9 Å². The van der Waals surface area contributed by atoms with Crippen LogP contribution in [0.1, 0.15) is 0 Å². The summed E-state index contributed by atoms with van der Waals surface area (Å²) in [5.41, 5.74) is 2.73. The number of fused-ring (bicyclic) bond motifs is 3. The molecule has 5 aromatic carbocycles. The van der Waals surface area contributed by atoms with Crippen LogP contribution in [0.25, 0.3) is 43.4 Å². The highest BCUT2D eigenvalue weighted by Crippen LogP contribution is 2.37. The van der Waals surface area contributed by atoms with Crippen LogP contribution in [-0.2, 0) is 0 Å². The fourth-order valence-electron chi connectivity index (χ4n) is 4.26. The van der Waals surface area contributed by atoms with Gasteiger partial charge >= 0.3 is 7.12 Å². The van der Waals surface area contributed by atoms with Crippen molar-refractivity contribution in [2.24, 2.45) is 0 Å². The van der Waals surface area contributed by atoms with Gasteiger partial charge in [0.1, 0.15) is 5.75 Å². The minimum absolute atomic E-state index is 0.547. The molecule has 0 aliphatic rings. The molecule has 0 spiro atoms. The van der Waals surface area contributed by atoms with Crippen molar-refractivity contribution in [1.29, 1.82) is 0 Å². The summed E-state index contributed by atoms with van der Waals surface area (Å²) >= 11 is 0. The Kier molecular flexibility index (Phi) is 4.24. The predicted octanol–water partition coefficient (Wildman–Crippen LogP) is 4.50. The van der Waals surface area contributed by atoms with Gasteiger partial charge in [-0.25, -0.2) is 0 Å². The first kappa shape index (κ1) is 17.7. The summed E-state index contributed by atoms with van der Waals surface area (Å²) in [5.74, 6) is 0.836. The van der Waals surface area contributed by atoms with Gasteiger partial charge in [-0.1, -0.05) is 66.7 Å². The first-order valence-corrected chi connectivity index (χ1v) is 9.55. The first-order valence-electron chi connectivity index (χ1n) is 9.55. The van der Waals surface area contributed by atoms with Crippen LogP contribution in [0.2, 0.25) is 0 Å². The number of hydrogen-bond donors (Lipinski definition) is 2. The molecule has 2 N–H and O–H groups in total. The second kappa shape index (κ2) is 6.92. The van der Waals surface area contributed by atoms with E-state index in [-0.39, 0.29) is 0 Å². The van der Waals surface area contributed by atoms with Crippen LogP contribution in [0.15, 0.2) is 84.9 Å². The van der Waals surface area contributed by atoms with Crippen LogP contribution >= 0.6 is 0 Å². The van der Waals surface area contributed by atoms with Crippen molar-refractivity contribution in [3.63, 3.8) is 0 Å². The molecule has 0 aliphatic heterocycles. The highest BCUT2D eigenvalue weighted by atomic mass is 16.5. The fourth-order valence-corrected chi connectivity index (χ4v) is 4.26. The Morgan fingerprint density at radius 1 is 0.655 bits per heavy atom. The standard InChI is InChI=1S/C25H19BO3/c1-29-19-13-12-16-14-18(11-10-17(16)15-19)24-20-6-2-4-8-22(20)25(26(27)28)23-9-5-3-7-21(23)24/h2-15,27-28H,1H3. The molecule has 0 saturated heterocycles. The molecular formula is C25H19BO3. The van der Waals surface area contributed by atoms with Gasteiger partial charge in [0.05, 0.1) is 7.11 Å². The molecule has 3 nitrogen and oxygen atoms in total. The smallest absolute Gasteiger partial charge is 0.489 e. The normalized spacial score (nSPS) is 11.3. The van der Waals surface area contributed by atoms with E-state index in [2.05, 4.69) is 24.3 Å². The molecule has 5 aromatic rings. The summed E-state index contributed by atoms with van der Waals surface area (Å²) in [6.45, 7) is 0. The predicted molar refractivity (Wildman–Crippen MR) is 121 cm³/mol. The van der Waals surface area contributed by atoms with Crippen molar-refractivity contribution in [2.75, 3.05) is 7.11 Å². The van der Waals surface area contributed by atoms with Gasteiger partial charge in [0, 0.05) is 0 Å². The summed E-state index contributed by atoms with van der Waals surface area (Å²) in [5, 5.41) is 26.2. The third-order valence-electron chi connectivity index (χ3n) is 5.57. The maximum absolute atomic E-state index is 10.1. The van der Waals surface area contributed by atoms with E-state index in [1.165, 1.54) is 0 Å². The third kappa shape index (κ3) is 2.85. The molecule has 0 bridgehead atoms. The second-order valence-electron chi connectivity index (χ2n) is 7.18. The van der Waals surface area contributed by atoms with Gasteiger partial charge in [0.25, 0.3) is 0 Å². The largest absolute Gasteiger partial charge is 0.497 e. The molecule has 0 atom stereocenters. The molecular weight excluding hydrogens is 359 g/mol. The van der Waals surface area contributed by atoms with Crippen LogP contribution in [0.4, 0.5) is 0 Å². The molecule has 0 aromatic heterocycles. The zero-order valence-corrected chi connectivity index (χ0v) is 16.0. The summed E-state index contributed by atoms with van der Waals surface area (Å²) in [4.78, 5) is 0. The topological polar surface area (TPSA) is 49.7 Å². The Balaban J connectivity index is 1.89. The number of methoxy groups -OCH3 is 1. The summed E-state index contributed by atoms with van der Waals surface area (Å²) in [6.07, 6.45) is 0. The van der Waals surface area contributed by atoms with Crippen molar-refractivity contribution in [2.45, 2.75) is 0 Å². The Hall–Kier alpha value is -3.34. The van der Waals surface area contributed by atoms with Crippen LogP contribution < -0.4 is 10.2 Å². The van der Waals surface area contributed by atoms with Gasteiger partial charge in [-0.15, -0.1) is 0 Å². The lowest BCUT2D eigenvalue weighted by molar-refractivity contribution is 0.415. The van der Waals surface area contributed by atoms with Crippen LogP contribution in [0, 0.1) is 0 Å². The quantitative estimate of drug-likeness (QED) is 0.359. The Bertz CT molecular complexity index is 1320. The fraction of sp³-hybridized carbons (Fsp3) is 0.0400. The number of rotatable bonds is 3. The number of benzene rings is 5. The SMILES string of the molecule is COc1ccc2cc(-c3c4ccccc4c(B(O)O)c4ccccc34)ccc2c1. The lowest BCUT2D eigenvalue weighted by Gasteiger charge is -2.17. The Morgan fingerprint density at radius 3 is 1.79 bits per heavy atom. The van der Waals surface area contributed by atoms with Gasteiger partial charge in [0.15, 0.2) is 0 Å². The highest BCUT2D eigenvalue weighted by Gasteiger charge is 2.22. The van der Waals surface area contributed by atoms with E-state index in [0.29, 0.717) is 5.46 Å². The maximum atomic E-state index is 10.1. The highest BCUT2D eigenvalue weighted by molar-refractivity contribution is 6.66. The first-order chi connectivity index (χ1) is 14.2. The molecule has 0 amide bonds. The Labute approximate surface area is 168 Å². The zero-order valence-electron chi connectivity index (χ0n) is 16.0. The summed E-state index contributed by atoms with van der Waals surface area (Å²) < 4.78 is 5.34. The molecule has 0 heterocycles. The maximum Gasteiger partial charge on any atom is 0.489 e. The van der Waals surface area contributed by atoms with Crippen molar-refractivity contribution in [3.8, 4) is 16.9 Å². The molecule has 0 radical (unpaired) electrons. The van der Waals surface area contributed by atoms with E-state index >= 15 is 0 Å². The van der Waals surface area contributed by atoms with E-state index < -0.39 is 7.12 Å².